The Labute approximate surface area is 129 Å². The zero-order valence-corrected chi connectivity index (χ0v) is 13.5. The van der Waals surface area contributed by atoms with Crippen molar-refractivity contribution < 1.29 is 9.47 Å². The van der Waals surface area contributed by atoms with Gasteiger partial charge < -0.3 is 14.8 Å². The number of hydrogen-bond acceptors (Lipinski definition) is 6. The van der Waals surface area contributed by atoms with Crippen molar-refractivity contribution in [3.63, 3.8) is 0 Å². The molecule has 1 aromatic carbocycles. The predicted octanol–water partition coefficient (Wildman–Crippen LogP) is 2.30. The van der Waals surface area contributed by atoms with Gasteiger partial charge in [0.15, 0.2) is 11.5 Å². The van der Waals surface area contributed by atoms with Gasteiger partial charge in [0.2, 0.25) is 0 Å². The van der Waals surface area contributed by atoms with Crippen molar-refractivity contribution in [1.82, 2.24) is 15.5 Å². The molecule has 1 aromatic heterocycles. The van der Waals surface area contributed by atoms with Gasteiger partial charge in [-0.25, -0.2) is 0 Å². The minimum absolute atomic E-state index is 0.742. The van der Waals surface area contributed by atoms with Crippen molar-refractivity contribution in [1.29, 1.82) is 0 Å². The lowest BCUT2D eigenvalue weighted by Gasteiger charge is -2.08. The summed E-state index contributed by atoms with van der Waals surface area (Å²) in [6.07, 6.45) is 2.83. The normalized spacial score (nSPS) is 10.6. The Morgan fingerprint density at radius 3 is 2.57 bits per heavy atom. The van der Waals surface area contributed by atoms with Gasteiger partial charge in [0.05, 0.1) is 14.2 Å². The molecule has 0 atom stereocenters. The van der Waals surface area contributed by atoms with E-state index < -0.39 is 0 Å². The van der Waals surface area contributed by atoms with Crippen molar-refractivity contribution in [2.75, 3.05) is 27.8 Å². The van der Waals surface area contributed by atoms with Crippen LogP contribution in [-0.4, -0.2) is 38.0 Å². The van der Waals surface area contributed by atoms with Gasteiger partial charge in [-0.15, -0.1) is 21.5 Å². The Kier molecular flexibility index (Phi) is 5.95. The molecule has 114 valence electrons. The van der Waals surface area contributed by atoms with Gasteiger partial charge in [0, 0.05) is 12.8 Å². The molecule has 6 heteroatoms. The van der Waals surface area contributed by atoms with Gasteiger partial charge in [-0.1, -0.05) is 6.07 Å². The largest absolute Gasteiger partial charge is 0.493 e. The lowest BCUT2D eigenvalue weighted by atomic mass is 10.1. The molecular weight excluding hydrogens is 286 g/mol. The summed E-state index contributed by atoms with van der Waals surface area (Å²) >= 11 is 1.68. The zero-order valence-electron chi connectivity index (χ0n) is 12.7. The lowest BCUT2D eigenvalue weighted by molar-refractivity contribution is 0.354. The molecule has 0 fully saturated rings. The molecular formula is C15H21N3O2S. The molecule has 0 amide bonds. The molecule has 0 spiro atoms. The fourth-order valence-corrected chi connectivity index (χ4v) is 2.96. The maximum atomic E-state index is 5.32. The number of methoxy groups -OCH3 is 2. The first kappa shape index (κ1) is 15.7. The second-order valence-electron chi connectivity index (χ2n) is 4.66. The van der Waals surface area contributed by atoms with Crippen molar-refractivity contribution in [2.45, 2.75) is 19.3 Å². The minimum Gasteiger partial charge on any atom is -0.493 e. The number of rotatable bonds is 8. The van der Waals surface area contributed by atoms with E-state index in [0.29, 0.717) is 0 Å². The third-order valence-corrected chi connectivity index (χ3v) is 4.11. The van der Waals surface area contributed by atoms with Crippen molar-refractivity contribution in [2.24, 2.45) is 0 Å². The third-order valence-electron chi connectivity index (χ3n) is 3.13. The summed E-state index contributed by atoms with van der Waals surface area (Å²) < 4.78 is 10.6. The highest BCUT2D eigenvalue weighted by Gasteiger charge is 2.08. The van der Waals surface area contributed by atoms with Gasteiger partial charge in [0.25, 0.3) is 0 Å². The van der Waals surface area contributed by atoms with Crippen molar-refractivity contribution in [3.8, 4) is 11.5 Å². The van der Waals surface area contributed by atoms with Crippen molar-refractivity contribution >= 4 is 11.3 Å². The summed E-state index contributed by atoms with van der Waals surface area (Å²) in [5.41, 5.74) is 1.14. The van der Waals surface area contributed by atoms with Crippen LogP contribution in [0.15, 0.2) is 18.2 Å². The number of benzene rings is 1. The molecule has 0 unspecified atom stereocenters. The number of nitrogens with zero attached hydrogens (tertiary/aromatic N) is 2. The molecule has 0 aliphatic heterocycles. The Morgan fingerprint density at radius 2 is 1.86 bits per heavy atom. The summed E-state index contributed by atoms with van der Waals surface area (Å²) in [6, 6.07) is 5.94. The zero-order chi connectivity index (χ0) is 15.1. The highest BCUT2D eigenvalue weighted by Crippen LogP contribution is 2.28. The van der Waals surface area contributed by atoms with Crippen LogP contribution in [0, 0.1) is 0 Å². The maximum Gasteiger partial charge on any atom is 0.160 e. The van der Waals surface area contributed by atoms with Crippen LogP contribution in [0.3, 0.4) is 0 Å². The Morgan fingerprint density at radius 1 is 1.10 bits per heavy atom. The van der Waals surface area contributed by atoms with Gasteiger partial charge in [-0.3, -0.25) is 0 Å². The smallest absolute Gasteiger partial charge is 0.160 e. The topological polar surface area (TPSA) is 56.3 Å². The average molecular weight is 307 g/mol. The van der Waals surface area contributed by atoms with Gasteiger partial charge >= 0.3 is 0 Å². The SMILES string of the molecule is CNCCCc1nnc(Cc2ccc(OC)c(OC)c2)s1. The van der Waals surface area contributed by atoms with Crippen LogP contribution >= 0.6 is 11.3 Å². The number of aromatic nitrogens is 2. The molecule has 0 bridgehead atoms. The summed E-state index contributed by atoms with van der Waals surface area (Å²) in [4.78, 5) is 0. The van der Waals surface area contributed by atoms with Crippen LogP contribution in [0.2, 0.25) is 0 Å². The van der Waals surface area contributed by atoms with Gasteiger partial charge in [-0.05, 0) is 37.7 Å². The van der Waals surface area contributed by atoms with E-state index in [9.17, 15) is 0 Å². The summed E-state index contributed by atoms with van der Waals surface area (Å²) in [6.45, 7) is 1.00. The van der Waals surface area contributed by atoms with E-state index in [1.54, 1.807) is 25.6 Å². The van der Waals surface area contributed by atoms with E-state index in [0.717, 1.165) is 52.9 Å². The summed E-state index contributed by atoms with van der Waals surface area (Å²) in [7, 11) is 5.24. The van der Waals surface area contributed by atoms with E-state index in [-0.39, 0.29) is 0 Å². The van der Waals surface area contributed by atoms with Crippen LogP contribution in [0.25, 0.3) is 0 Å². The van der Waals surface area contributed by atoms with Crippen LogP contribution in [0.5, 0.6) is 11.5 Å². The first-order chi connectivity index (χ1) is 10.3. The fraction of sp³-hybridized carbons (Fsp3) is 0.467. The Balaban J connectivity index is 2.01. The molecule has 0 aliphatic rings. The van der Waals surface area contributed by atoms with E-state index in [1.807, 2.05) is 25.2 Å². The molecule has 0 radical (unpaired) electrons. The molecule has 1 N–H and O–H groups in total. The Bertz CT molecular complexity index is 572. The molecule has 0 saturated carbocycles. The lowest BCUT2D eigenvalue weighted by Crippen LogP contribution is -2.08. The predicted molar refractivity (Wildman–Crippen MR) is 84.5 cm³/mol. The van der Waals surface area contributed by atoms with Crippen LogP contribution in [0.1, 0.15) is 22.0 Å². The highest BCUT2D eigenvalue weighted by molar-refractivity contribution is 7.11. The molecule has 0 saturated heterocycles. The monoisotopic (exact) mass is 307 g/mol. The standard InChI is InChI=1S/C15H21N3O2S/c1-16-8-4-5-14-17-18-15(21-14)10-11-6-7-12(19-2)13(9-11)20-3/h6-7,9,16H,4-5,8,10H2,1-3H3. The number of hydrogen-bond donors (Lipinski definition) is 1. The molecule has 5 nitrogen and oxygen atoms in total. The van der Waals surface area contributed by atoms with Crippen LogP contribution in [0.4, 0.5) is 0 Å². The first-order valence-electron chi connectivity index (χ1n) is 6.93. The van der Waals surface area contributed by atoms with E-state index in [4.69, 9.17) is 9.47 Å². The number of aryl methyl sites for hydroxylation is 1. The number of nitrogens with one attached hydrogen (secondary N) is 1. The molecule has 1 heterocycles. The highest BCUT2D eigenvalue weighted by atomic mass is 32.1. The van der Waals surface area contributed by atoms with Gasteiger partial charge in [0.1, 0.15) is 10.0 Å². The molecule has 0 aliphatic carbocycles. The molecule has 2 aromatic rings. The van der Waals surface area contributed by atoms with Crippen molar-refractivity contribution in [3.05, 3.63) is 33.8 Å². The molecule has 21 heavy (non-hydrogen) atoms. The first-order valence-corrected chi connectivity index (χ1v) is 7.75. The minimum atomic E-state index is 0.742. The van der Waals surface area contributed by atoms with E-state index >= 15 is 0 Å². The van der Waals surface area contributed by atoms with Crippen LogP contribution in [-0.2, 0) is 12.8 Å². The second-order valence-corrected chi connectivity index (χ2v) is 5.81. The third kappa shape index (κ3) is 4.41. The average Bonchev–Trinajstić information content (AvgIpc) is 2.95. The number of ether oxygens (including phenoxy) is 2. The Hall–Kier alpha value is -1.66. The summed E-state index contributed by atoms with van der Waals surface area (Å²) in [5, 5.41) is 13.8. The van der Waals surface area contributed by atoms with E-state index in [1.165, 1.54) is 0 Å². The maximum absolute atomic E-state index is 5.32. The van der Waals surface area contributed by atoms with E-state index in [2.05, 4.69) is 15.5 Å². The van der Waals surface area contributed by atoms with Gasteiger partial charge in [-0.2, -0.15) is 0 Å². The summed E-state index contributed by atoms with van der Waals surface area (Å²) in [5.74, 6) is 1.49. The molecule has 2 rings (SSSR count). The quantitative estimate of drug-likeness (QED) is 0.758. The second kappa shape index (κ2) is 7.95. The fourth-order valence-electron chi connectivity index (χ4n) is 2.04. The van der Waals surface area contributed by atoms with Crippen LogP contribution < -0.4 is 14.8 Å².